The minimum atomic E-state index is -4.12. The number of aliphatic hydroxyl groups excluding tert-OH is 1. The van der Waals surface area contributed by atoms with Crippen LogP contribution in [0.4, 0.5) is 15.8 Å². The fourth-order valence-electron chi connectivity index (χ4n) is 2.47. The number of fused-ring (bicyclic) bond motifs is 1. The number of ether oxygens (including phenoxy) is 1. The lowest BCUT2D eigenvalue weighted by molar-refractivity contribution is -0.384. The molecule has 1 atom stereocenters. The van der Waals surface area contributed by atoms with Crippen LogP contribution in [0.25, 0.3) is 0 Å². The van der Waals surface area contributed by atoms with Gasteiger partial charge in [0.05, 0.1) is 23.0 Å². The molecule has 10 heteroatoms. The highest BCUT2D eigenvalue weighted by molar-refractivity contribution is 7.92. The molecular weight excluding hydrogens is 355 g/mol. The molecule has 0 spiro atoms. The Bertz CT molecular complexity index is 916. The molecule has 132 valence electrons. The number of rotatable bonds is 4. The van der Waals surface area contributed by atoms with Gasteiger partial charge < -0.3 is 9.84 Å². The van der Waals surface area contributed by atoms with Crippen LogP contribution in [-0.4, -0.2) is 37.7 Å². The van der Waals surface area contributed by atoms with Crippen molar-refractivity contribution in [3.05, 3.63) is 58.4 Å². The molecule has 0 bridgehead atoms. The predicted octanol–water partition coefficient (Wildman–Crippen LogP) is 1.68. The van der Waals surface area contributed by atoms with E-state index in [0.717, 1.165) is 34.6 Å². The minimum Gasteiger partial charge on any atom is -0.484 e. The first-order chi connectivity index (χ1) is 11.8. The topological polar surface area (TPSA) is 110 Å². The molecular formula is C15H13FN2O6S. The van der Waals surface area contributed by atoms with E-state index >= 15 is 0 Å². The largest absolute Gasteiger partial charge is 0.484 e. The Morgan fingerprint density at radius 1 is 1.28 bits per heavy atom. The van der Waals surface area contributed by atoms with Crippen LogP contribution in [0.5, 0.6) is 5.75 Å². The van der Waals surface area contributed by atoms with Gasteiger partial charge in [0.2, 0.25) is 0 Å². The van der Waals surface area contributed by atoms with Crippen molar-refractivity contribution in [1.29, 1.82) is 0 Å². The summed E-state index contributed by atoms with van der Waals surface area (Å²) in [4.78, 5) is 10.2. The lowest BCUT2D eigenvalue weighted by Gasteiger charge is -2.34. The number of non-ortho nitro benzene ring substituents is 1. The highest BCUT2D eigenvalue weighted by atomic mass is 32.2. The summed E-state index contributed by atoms with van der Waals surface area (Å²) >= 11 is 0. The molecule has 0 saturated carbocycles. The second-order valence-electron chi connectivity index (χ2n) is 5.32. The number of nitro benzene ring substituents is 1. The first-order valence-corrected chi connectivity index (χ1v) is 8.61. The van der Waals surface area contributed by atoms with Crippen molar-refractivity contribution in [2.75, 3.05) is 17.5 Å². The zero-order valence-electron chi connectivity index (χ0n) is 12.7. The summed E-state index contributed by atoms with van der Waals surface area (Å²) in [5, 5.41) is 20.3. The summed E-state index contributed by atoms with van der Waals surface area (Å²) in [5.74, 6) is -0.494. The second kappa shape index (κ2) is 6.30. The molecule has 0 amide bonds. The van der Waals surface area contributed by atoms with Crippen molar-refractivity contribution in [1.82, 2.24) is 0 Å². The molecule has 1 N–H and O–H groups in total. The van der Waals surface area contributed by atoms with Crippen LogP contribution >= 0.6 is 0 Å². The Kier molecular flexibility index (Phi) is 4.31. The fourth-order valence-corrected chi connectivity index (χ4v) is 3.97. The number of aliphatic hydroxyl groups is 1. The summed E-state index contributed by atoms with van der Waals surface area (Å²) in [7, 11) is -4.12. The molecule has 3 rings (SSSR count). The maximum absolute atomic E-state index is 13.1. The minimum absolute atomic E-state index is 0.0109. The number of sulfonamides is 1. The van der Waals surface area contributed by atoms with Gasteiger partial charge in [-0.3, -0.25) is 14.4 Å². The number of hydrogen-bond donors (Lipinski definition) is 1. The van der Waals surface area contributed by atoms with Crippen molar-refractivity contribution in [3.63, 3.8) is 0 Å². The van der Waals surface area contributed by atoms with Crippen molar-refractivity contribution >= 4 is 21.4 Å². The summed E-state index contributed by atoms with van der Waals surface area (Å²) in [5.41, 5.74) is -0.313. The number of anilines is 1. The van der Waals surface area contributed by atoms with Gasteiger partial charge in [-0.15, -0.1) is 0 Å². The van der Waals surface area contributed by atoms with Crippen molar-refractivity contribution in [2.24, 2.45) is 0 Å². The Morgan fingerprint density at radius 2 is 1.96 bits per heavy atom. The van der Waals surface area contributed by atoms with E-state index in [4.69, 9.17) is 4.74 Å². The lowest BCUT2D eigenvalue weighted by Crippen LogP contribution is -2.45. The van der Waals surface area contributed by atoms with Gasteiger partial charge in [0.25, 0.3) is 15.7 Å². The van der Waals surface area contributed by atoms with Crippen molar-refractivity contribution in [2.45, 2.75) is 11.0 Å². The normalized spacial score (nSPS) is 16.9. The molecule has 0 aliphatic carbocycles. The third-order valence-corrected chi connectivity index (χ3v) is 5.48. The number of halogens is 1. The van der Waals surface area contributed by atoms with Crippen LogP contribution < -0.4 is 9.04 Å². The van der Waals surface area contributed by atoms with Gasteiger partial charge in [-0.25, -0.2) is 12.8 Å². The van der Waals surface area contributed by atoms with Gasteiger partial charge in [0.1, 0.15) is 23.4 Å². The Morgan fingerprint density at radius 3 is 2.56 bits per heavy atom. The molecule has 0 fully saturated rings. The molecule has 0 radical (unpaired) electrons. The molecule has 1 aliphatic rings. The van der Waals surface area contributed by atoms with E-state index in [-0.39, 0.29) is 28.6 Å². The van der Waals surface area contributed by atoms with Gasteiger partial charge in [0, 0.05) is 12.1 Å². The highest BCUT2D eigenvalue weighted by Crippen LogP contribution is 2.39. The maximum Gasteiger partial charge on any atom is 0.271 e. The van der Waals surface area contributed by atoms with E-state index in [1.54, 1.807) is 0 Å². The lowest BCUT2D eigenvalue weighted by atomic mass is 10.2. The van der Waals surface area contributed by atoms with Gasteiger partial charge in [-0.05, 0) is 30.3 Å². The van der Waals surface area contributed by atoms with Gasteiger partial charge >= 0.3 is 0 Å². The second-order valence-corrected chi connectivity index (χ2v) is 7.18. The van der Waals surface area contributed by atoms with Crippen LogP contribution in [0.3, 0.4) is 0 Å². The quantitative estimate of drug-likeness (QED) is 0.649. The Balaban J connectivity index is 2.13. The molecule has 8 nitrogen and oxygen atoms in total. The molecule has 1 heterocycles. The van der Waals surface area contributed by atoms with Crippen molar-refractivity contribution in [3.8, 4) is 5.75 Å². The average molecular weight is 368 g/mol. The molecule has 2 aromatic carbocycles. The first-order valence-electron chi connectivity index (χ1n) is 7.17. The maximum atomic E-state index is 13.1. The SMILES string of the molecule is O=[N+]([O-])c1ccc2c(c1)N(S(=O)(=O)c1ccc(F)cc1)CC(CO)O2. The van der Waals surface area contributed by atoms with Crippen LogP contribution in [0.15, 0.2) is 47.4 Å². The summed E-state index contributed by atoms with van der Waals surface area (Å²) in [6.07, 6.45) is -0.829. The predicted molar refractivity (Wildman–Crippen MR) is 85.5 cm³/mol. The molecule has 2 aromatic rings. The van der Waals surface area contributed by atoms with Gasteiger partial charge in [-0.2, -0.15) is 0 Å². The summed E-state index contributed by atoms with van der Waals surface area (Å²) in [6.45, 7) is -0.670. The summed E-state index contributed by atoms with van der Waals surface area (Å²) < 4.78 is 45.3. The van der Waals surface area contributed by atoms with Crippen LogP contribution in [-0.2, 0) is 10.0 Å². The molecule has 1 aliphatic heterocycles. The Hall–Kier alpha value is -2.72. The van der Waals surface area contributed by atoms with Crippen LogP contribution in [0.1, 0.15) is 0 Å². The van der Waals surface area contributed by atoms with E-state index in [2.05, 4.69) is 0 Å². The zero-order chi connectivity index (χ0) is 18.2. The third-order valence-electron chi connectivity index (χ3n) is 3.69. The highest BCUT2D eigenvalue weighted by Gasteiger charge is 2.35. The molecule has 1 unspecified atom stereocenters. The van der Waals surface area contributed by atoms with E-state index < -0.39 is 33.5 Å². The number of benzene rings is 2. The number of nitrogens with zero attached hydrogens (tertiary/aromatic N) is 2. The molecule has 0 aromatic heterocycles. The summed E-state index contributed by atoms with van der Waals surface area (Å²) in [6, 6.07) is 7.76. The van der Waals surface area contributed by atoms with Crippen molar-refractivity contribution < 1.29 is 27.6 Å². The zero-order valence-corrected chi connectivity index (χ0v) is 13.5. The van der Waals surface area contributed by atoms with E-state index in [9.17, 15) is 28.0 Å². The van der Waals surface area contributed by atoms with Crippen LogP contribution in [0, 0.1) is 15.9 Å². The number of hydrogen-bond acceptors (Lipinski definition) is 6. The average Bonchev–Trinajstić information content (AvgIpc) is 2.60. The fraction of sp³-hybridized carbons (Fsp3) is 0.200. The van der Waals surface area contributed by atoms with Crippen LogP contribution in [0.2, 0.25) is 0 Å². The van der Waals surface area contributed by atoms with E-state index in [1.807, 2.05) is 0 Å². The Labute approximate surface area is 142 Å². The third kappa shape index (κ3) is 3.13. The standard InChI is InChI=1S/C15H13FN2O6S/c16-10-1-4-13(5-2-10)25(22,23)17-8-12(9-19)24-15-6-3-11(18(20)21)7-14(15)17/h1-7,12,19H,8-9H2. The van der Waals surface area contributed by atoms with E-state index in [0.29, 0.717) is 0 Å². The molecule has 0 saturated heterocycles. The van der Waals surface area contributed by atoms with Gasteiger partial charge in [-0.1, -0.05) is 0 Å². The smallest absolute Gasteiger partial charge is 0.271 e. The van der Waals surface area contributed by atoms with Gasteiger partial charge in [0.15, 0.2) is 0 Å². The first kappa shape index (κ1) is 17.1. The monoisotopic (exact) mass is 368 g/mol. The van der Waals surface area contributed by atoms with E-state index in [1.165, 1.54) is 12.1 Å². The molecule has 25 heavy (non-hydrogen) atoms. The number of nitro groups is 1.